The summed E-state index contributed by atoms with van der Waals surface area (Å²) in [4.78, 5) is 9.76. The van der Waals surface area contributed by atoms with E-state index in [2.05, 4.69) is 27.9 Å². The van der Waals surface area contributed by atoms with E-state index in [0.29, 0.717) is 6.79 Å². The molecule has 0 fully saturated rings. The molecule has 0 aliphatic carbocycles. The first kappa shape index (κ1) is 14.0. The van der Waals surface area contributed by atoms with Crippen molar-refractivity contribution in [2.45, 2.75) is 13.5 Å². The van der Waals surface area contributed by atoms with E-state index in [1.54, 1.807) is 23.7 Å². The number of ether oxygens (including phenoxy) is 2. The lowest BCUT2D eigenvalue weighted by Gasteiger charge is -2.07. The molecule has 0 radical (unpaired) electrons. The lowest BCUT2D eigenvalue weighted by Crippen LogP contribution is -2.16. The van der Waals surface area contributed by atoms with Gasteiger partial charge in [-0.1, -0.05) is 6.07 Å². The molecular formula is C17H15N3O2S. The van der Waals surface area contributed by atoms with Gasteiger partial charge in [0.25, 0.3) is 0 Å². The average Bonchev–Trinajstić information content (AvgIpc) is 3.17. The molecule has 0 unspecified atom stereocenters. The van der Waals surface area contributed by atoms with Crippen LogP contribution >= 0.6 is 11.3 Å². The van der Waals surface area contributed by atoms with Crippen LogP contribution < -0.4 is 14.3 Å². The highest BCUT2D eigenvalue weighted by Gasteiger charge is 2.13. The molecule has 1 aliphatic rings. The predicted molar refractivity (Wildman–Crippen MR) is 88.2 cm³/mol. The summed E-state index contributed by atoms with van der Waals surface area (Å²) in [7, 11) is 0. The molecule has 0 N–H and O–H groups in total. The van der Waals surface area contributed by atoms with Crippen LogP contribution in [0.3, 0.4) is 0 Å². The van der Waals surface area contributed by atoms with Crippen LogP contribution in [0.2, 0.25) is 0 Å². The van der Waals surface area contributed by atoms with Crippen molar-refractivity contribution in [3.05, 3.63) is 64.2 Å². The van der Waals surface area contributed by atoms with Crippen LogP contribution in [0.25, 0.3) is 0 Å². The fourth-order valence-corrected chi connectivity index (χ4v) is 3.34. The van der Waals surface area contributed by atoms with E-state index in [9.17, 15) is 0 Å². The van der Waals surface area contributed by atoms with E-state index in [4.69, 9.17) is 14.5 Å². The second-order valence-corrected chi connectivity index (χ2v) is 6.09. The number of hydrogen-bond acceptors (Lipinski definition) is 5. The van der Waals surface area contributed by atoms with Crippen molar-refractivity contribution in [2.24, 2.45) is 4.99 Å². The van der Waals surface area contributed by atoms with Gasteiger partial charge in [-0.05, 0) is 36.8 Å². The van der Waals surface area contributed by atoms with E-state index in [0.717, 1.165) is 34.1 Å². The minimum Gasteiger partial charge on any atom is -0.454 e. The van der Waals surface area contributed by atoms with Crippen LogP contribution in [0.5, 0.6) is 11.5 Å². The lowest BCUT2D eigenvalue weighted by molar-refractivity contribution is 0.174. The number of rotatable bonds is 3. The number of aromatic nitrogens is 2. The molecule has 1 aromatic carbocycles. The summed E-state index contributed by atoms with van der Waals surface area (Å²) in [6.45, 7) is 3.13. The number of thiazole rings is 1. The fraction of sp³-hybridized carbons (Fsp3) is 0.176. The molecule has 23 heavy (non-hydrogen) atoms. The van der Waals surface area contributed by atoms with Crippen molar-refractivity contribution in [1.82, 2.24) is 9.55 Å². The second-order valence-electron chi connectivity index (χ2n) is 5.26. The summed E-state index contributed by atoms with van der Waals surface area (Å²) in [5.74, 6) is 1.61. The highest BCUT2D eigenvalue weighted by Crippen LogP contribution is 2.32. The van der Waals surface area contributed by atoms with Crippen molar-refractivity contribution in [3.8, 4) is 11.5 Å². The predicted octanol–water partition coefficient (Wildman–Crippen LogP) is 3.26. The molecule has 5 nitrogen and oxygen atoms in total. The Hall–Kier alpha value is -2.60. The topological polar surface area (TPSA) is 48.6 Å². The zero-order valence-corrected chi connectivity index (χ0v) is 13.4. The maximum Gasteiger partial charge on any atom is 0.231 e. The van der Waals surface area contributed by atoms with Crippen LogP contribution in [-0.4, -0.2) is 16.3 Å². The highest BCUT2D eigenvalue weighted by molar-refractivity contribution is 7.07. The molecule has 0 atom stereocenters. The van der Waals surface area contributed by atoms with Crippen LogP contribution in [0.1, 0.15) is 11.3 Å². The van der Waals surface area contributed by atoms with Gasteiger partial charge in [0.15, 0.2) is 16.3 Å². The van der Waals surface area contributed by atoms with Crippen LogP contribution in [0.15, 0.2) is 53.1 Å². The van der Waals surface area contributed by atoms with E-state index in [-0.39, 0.29) is 0 Å². The first-order valence-corrected chi connectivity index (χ1v) is 8.16. The molecule has 4 rings (SSSR count). The minimum atomic E-state index is 0.297. The highest BCUT2D eigenvalue weighted by atomic mass is 32.1. The number of fused-ring (bicyclic) bond motifs is 1. The third-order valence-corrected chi connectivity index (χ3v) is 4.62. The molecule has 0 spiro atoms. The van der Waals surface area contributed by atoms with Gasteiger partial charge in [-0.25, -0.2) is 4.99 Å². The zero-order valence-electron chi connectivity index (χ0n) is 12.6. The van der Waals surface area contributed by atoms with Gasteiger partial charge in [-0.15, -0.1) is 11.3 Å². The van der Waals surface area contributed by atoms with Crippen LogP contribution in [0, 0.1) is 6.92 Å². The maximum absolute atomic E-state index is 5.45. The van der Waals surface area contributed by atoms with Gasteiger partial charge < -0.3 is 14.0 Å². The quantitative estimate of drug-likeness (QED) is 0.742. The number of nitrogens with zero attached hydrogens (tertiary/aromatic N) is 3. The number of benzene rings is 1. The Bertz CT molecular complexity index is 900. The van der Waals surface area contributed by atoms with Crippen molar-refractivity contribution in [3.63, 3.8) is 0 Å². The molecule has 0 amide bonds. The summed E-state index contributed by atoms with van der Waals surface area (Å²) < 4.78 is 13.0. The summed E-state index contributed by atoms with van der Waals surface area (Å²) in [5.41, 5.74) is 3.19. The molecule has 0 saturated carbocycles. The first-order valence-electron chi connectivity index (χ1n) is 7.28. The van der Waals surface area contributed by atoms with Gasteiger partial charge >= 0.3 is 0 Å². The van der Waals surface area contributed by atoms with E-state index in [1.165, 1.54) is 5.69 Å². The Balaban J connectivity index is 1.70. The van der Waals surface area contributed by atoms with E-state index >= 15 is 0 Å². The fourth-order valence-electron chi connectivity index (χ4n) is 2.45. The average molecular weight is 325 g/mol. The van der Waals surface area contributed by atoms with Gasteiger partial charge in [0.1, 0.15) is 0 Å². The largest absolute Gasteiger partial charge is 0.454 e. The second kappa shape index (κ2) is 5.89. The molecule has 0 bridgehead atoms. The number of pyridine rings is 1. The molecule has 116 valence electrons. The monoisotopic (exact) mass is 325 g/mol. The zero-order chi connectivity index (χ0) is 15.6. The molecule has 1 aliphatic heterocycles. The Kier molecular flexibility index (Phi) is 3.59. The lowest BCUT2D eigenvalue weighted by atomic mass is 10.2. The Morgan fingerprint density at radius 1 is 1.26 bits per heavy atom. The molecular weight excluding hydrogens is 310 g/mol. The maximum atomic E-state index is 5.45. The van der Waals surface area contributed by atoms with Crippen molar-refractivity contribution in [2.75, 3.05) is 6.79 Å². The van der Waals surface area contributed by atoms with E-state index < -0.39 is 0 Å². The third-order valence-electron chi connectivity index (χ3n) is 3.64. The van der Waals surface area contributed by atoms with Gasteiger partial charge in [-0.3, -0.25) is 4.98 Å². The molecule has 3 heterocycles. The summed E-state index contributed by atoms with van der Waals surface area (Å²) in [6.07, 6.45) is 3.51. The molecule has 6 heteroatoms. The van der Waals surface area contributed by atoms with Gasteiger partial charge in [0, 0.05) is 17.3 Å². The molecule has 0 saturated heterocycles. The minimum absolute atomic E-state index is 0.297. The standard InChI is InChI=1S/C17H15N3O2S/c1-12-10-23-17(19-14-3-2-6-18-8-14)20(12)9-13-4-5-15-16(7-13)22-11-21-15/h2-8,10H,9,11H2,1H3. The molecule has 2 aromatic heterocycles. The van der Waals surface area contributed by atoms with Crippen molar-refractivity contribution in [1.29, 1.82) is 0 Å². The van der Waals surface area contributed by atoms with Gasteiger partial charge in [0.2, 0.25) is 6.79 Å². The van der Waals surface area contributed by atoms with Crippen molar-refractivity contribution >= 4 is 17.0 Å². The number of aryl methyl sites for hydroxylation is 1. The SMILES string of the molecule is Cc1csc(=Nc2cccnc2)n1Cc1ccc2c(c1)OCO2. The van der Waals surface area contributed by atoms with Crippen LogP contribution in [0.4, 0.5) is 5.69 Å². The van der Waals surface area contributed by atoms with Crippen LogP contribution in [-0.2, 0) is 6.54 Å². The Labute approximate surface area is 137 Å². The Morgan fingerprint density at radius 2 is 2.17 bits per heavy atom. The smallest absolute Gasteiger partial charge is 0.231 e. The summed E-state index contributed by atoms with van der Waals surface area (Å²) >= 11 is 1.63. The third kappa shape index (κ3) is 2.85. The Morgan fingerprint density at radius 3 is 3.04 bits per heavy atom. The van der Waals surface area contributed by atoms with Gasteiger partial charge in [0.05, 0.1) is 18.4 Å². The summed E-state index contributed by atoms with van der Waals surface area (Å²) in [6, 6.07) is 9.89. The first-order chi connectivity index (χ1) is 11.3. The normalized spacial score (nSPS) is 13.5. The van der Waals surface area contributed by atoms with Crippen molar-refractivity contribution < 1.29 is 9.47 Å². The molecule has 3 aromatic rings. The summed E-state index contributed by atoms with van der Waals surface area (Å²) in [5, 5.41) is 2.11. The number of hydrogen-bond donors (Lipinski definition) is 0. The van der Waals surface area contributed by atoms with E-state index in [1.807, 2.05) is 24.3 Å². The van der Waals surface area contributed by atoms with Gasteiger partial charge in [-0.2, -0.15) is 0 Å².